The van der Waals surface area contributed by atoms with Gasteiger partial charge in [0.25, 0.3) is 5.56 Å². The molecular formula is C15H25N3O2. The molecule has 2 heterocycles. The van der Waals surface area contributed by atoms with Gasteiger partial charge < -0.3 is 14.6 Å². The van der Waals surface area contributed by atoms with Crippen molar-refractivity contribution in [3.8, 4) is 0 Å². The standard InChI is InChI=1S/C15H25N3O2/c1-15(2,3)18-10-8-16-13(14(18)20)17-9-4-6-12(17)7-5-11-19/h8,10,12,19H,4-7,9,11H2,1-3H3. The lowest BCUT2D eigenvalue weighted by Crippen LogP contribution is -2.40. The quantitative estimate of drug-likeness (QED) is 0.912. The molecule has 1 aromatic rings. The van der Waals surface area contributed by atoms with Crippen LogP contribution >= 0.6 is 0 Å². The highest BCUT2D eigenvalue weighted by Gasteiger charge is 2.28. The summed E-state index contributed by atoms with van der Waals surface area (Å²) >= 11 is 0. The molecule has 20 heavy (non-hydrogen) atoms. The third kappa shape index (κ3) is 3.03. The number of aliphatic hydroxyl groups is 1. The lowest BCUT2D eigenvalue weighted by atomic mass is 10.1. The molecule has 0 saturated carbocycles. The normalized spacial score (nSPS) is 19.6. The lowest BCUT2D eigenvalue weighted by Gasteiger charge is -2.28. The second-order valence-electron chi connectivity index (χ2n) is 6.45. The van der Waals surface area contributed by atoms with Crippen molar-refractivity contribution in [2.75, 3.05) is 18.1 Å². The van der Waals surface area contributed by atoms with Crippen molar-refractivity contribution < 1.29 is 5.11 Å². The summed E-state index contributed by atoms with van der Waals surface area (Å²) < 4.78 is 1.75. The van der Waals surface area contributed by atoms with Crippen LogP contribution in [0.5, 0.6) is 0 Å². The van der Waals surface area contributed by atoms with E-state index in [2.05, 4.69) is 9.88 Å². The summed E-state index contributed by atoms with van der Waals surface area (Å²) in [4.78, 5) is 19.1. The van der Waals surface area contributed by atoms with Gasteiger partial charge in [-0.3, -0.25) is 4.79 Å². The molecule has 1 fully saturated rings. The Morgan fingerprint density at radius 3 is 2.85 bits per heavy atom. The van der Waals surface area contributed by atoms with Crippen molar-refractivity contribution >= 4 is 5.82 Å². The van der Waals surface area contributed by atoms with Crippen molar-refractivity contribution in [2.24, 2.45) is 0 Å². The molecule has 0 spiro atoms. The van der Waals surface area contributed by atoms with Gasteiger partial charge in [-0.1, -0.05) is 0 Å². The third-order valence-electron chi connectivity index (χ3n) is 3.89. The Morgan fingerprint density at radius 2 is 2.20 bits per heavy atom. The minimum atomic E-state index is -0.241. The number of aliphatic hydroxyl groups excluding tert-OH is 1. The highest BCUT2D eigenvalue weighted by atomic mass is 16.3. The molecule has 1 N–H and O–H groups in total. The van der Waals surface area contributed by atoms with E-state index >= 15 is 0 Å². The first-order valence-corrected chi connectivity index (χ1v) is 7.41. The van der Waals surface area contributed by atoms with Gasteiger partial charge in [0.1, 0.15) is 0 Å². The van der Waals surface area contributed by atoms with E-state index in [1.165, 1.54) is 0 Å². The molecule has 1 aliphatic heterocycles. The molecule has 112 valence electrons. The van der Waals surface area contributed by atoms with Crippen LogP contribution in [0.25, 0.3) is 0 Å². The van der Waals surface area contributed by atoms with Crippen LogP contribution in [0.2, 0.25) is 0 Å². The number of nitrogens with zero attached hydrogens (tertiary/aromatic N) is 3. The highest BCUT2D eigenvalue weighted by Crippen LogP contribution is 2.25. The molecule has 0 bridgehead atoms. The second-order valence-corrected chi connectivity index (χ2v) is 6.45. The first-order valence-electron chi connectivity index (χ1n) is 7.41. The average molecular weight is 279 g/mol. The third-order valence-corrected chi connectivity index (χ3v) is 3.89. The molecule has 1 atom stereocenters. The van der Waals surface area contributed by atoms with E-state index in [4.69, 9.17) is 5.11 Å². The maximum atomic E-state index is 12.6. The number of aromatic nitrogens is 2. The van der Waals surface area contributed by atoms with E-state index < -0.39 is 0 Å². The Balaban J connectivity index is 2.31. The summed E-state index contributed by atoms with van der Waals surface area (Å²) in [5.41, 5.74) is -0.259. The van der Waals surface area contributed by atoms with Crippen LogP contribution in [0.1, 0.15) is 46.5 Å². The van der Waals surface area contributed by atoms with Gasteiger partial charge in [-0.25, -0.2) is 4.98 Å². The Morgan fingerprint density at radius 1 is 1.45 bits per heavy atom. The zero-order valence-corrected chi connectivity index (χ0v) is 12.7. The monoisotopic (exact) mass is 279 g/mol. The molecule has 1 aromatic heterocycles. The van der Waals surface area contributed by atoms with Crippen LogP contribution in [0.3, 0.4) is 0 Å². The fourth-order valence-electron chi connectivity index (χ4n) is 2.87. The number of anilines is 1. The number of rotatable bonds is 4. The minimum Gasteiger partial charge on any atom is -0.396 e. The number of hydrogen-bond donors (Lipinski definition) is 1. The van der Waals surface area contributed by atoms with Crippen LogP contribution in [0.15, 0.2) is 17.2 Å². The average Bonchev–Trinajstić information content (AvgIpc) is 2.83. The summed E-state index contributed by atoms with van der Waals surface area (Å²) in [6.45, 7) is 7.15. The molecule has 2 rings (SSSR count). The Bertz CT molecular complexity index is 505. The van der Waals surface area contributed by atoms with Crippen molar-refractivity contribution in [1.29, 1.82) is 0 Å². The Labute approximate surface area is 120 Å². The zero-order valence-electron chi connectivity index (χ0n) is 12.7. The lowest BCUT2D eigenvalue weighted by molar-refractivity contribution is 0.279. The smallest absolute Gasteiger partial charge is 0.293 e. The topological polar surface area (TPSA) is 58.4 Å². The SMILES string of the molecule is CC(C)(C)n1ccnc(N2CCCC2CCCO)c1=O. The van der Waals surface area contributed by atoms with Gasteiger partial charge in [0, 0.05) is 37.1 Å². The molecule has 5 heteroatoms. The minimum absolute atomic E-state index is 0.0177. The van der Waals surface area contributed by atoms with E-state index in [0.717, 1.165) is 32.2 Å². The van der Waals surface area contributed by atoms with Gasteiger partial charge in [-0.2, -0.15) is 0 Å². The molecule has 5 nitrogen and oxygen atoms in total. The fourth-order valence-corrected chi connectivity index (χ4v) is 2.87. The Hall–Kier alpha value is -1.36. The Kier molecular flexibility index (Phi) is 4.48. The molecule has 0 radical (unpaired) electrons. The van der Waals surface area contributed by atoms with Gasteiger partial charge in [0.2, 0.25) is 0 Å². The van der Waals surface area contributed by atoms with Crippen molar-refractivity contribution in [2.45, 2.75) is 58.0 Å². The molecular weight excluding hydrogens is 254 g/mol. The van der Waals surface area contributed by atoms with E-state index in [1.54, 1.807) is 17.0 Å². The summed E-state index contributed by atoms with van der Waals surface area (Å²) in [5.74, 6) is 0.558. The molecule has 1 aliphatic rings. The highest BCUT2D eigenvalue weighted by molar-refractivity contribution is 5.39. The molecule has 0 amide bonds. The van der Waals surface area contributed by atoms with Gasteiger partial charge in [-0.15, -0.1) is 0 Å². The fraction of sp³-hybridized carbons (Fsp3) is 0.733. The van der Waals surface area contributed by atoms with Crippen molar-refractivity contribution in [3.63, 3.8) is 0 Å². The molecule has 1 unspecified atom stereocenters. The summed E-state index contributed by atoms with van der Waals surface area (Å²) in [7, 11) is 0. The van der Waals surface area contributed by atoms with E-state index in [1.807, 2.05) is 20.8 Å². The van der Waals surface area contributed by atoms with Crippen LogP contribution in [0, 0.1) is 0 Å². The van der Waals surface area contributed by atoms with Gasteiger partial charge in [0.05, 0.1) is 0 Å². The predicted octanol–water partition coefficient (Wildman–Crippen LogP) is 1.74. The van der Waals surface area contributed by atoms with Crippen LogP contribution < -0.4 is 10.5 Å². The summed E-state index contributed by atoms with van der Waals surface area (Å²) in [6, 6.07) is 0.332. The van der Waals surface area contributed by atoms with E-state index in [9.17, 15) is 4.79 Å². The van der Waals surface area contributed by atoms with Crippen LogP contribution in [-0.4, -0.2) is 33.9 Å². The van der Waals surface area contributed by atoms with Crippen LogP contribution in [-0.2, 0) is 5.54 Å². The first kappa shape index (κ1) is 15.0. The van der Waals surface area contributed by atoms with Gasteiger partial charge in [-0.05, 0) is 46.5 Å². The summed E-state index contributed by atoms with van der Waals surface area (Å²) in [5, 5.41) is 8.99. The first-order chi connectivity index (χ1) is 9.45. The van der Waals surface area contributed by atoms with Crippen LogP contribution in [0.4, 0.5) is 5.82 Å². The molecule has 1 saturated heterocycles. The van der Waals surface area contributed by atoms with E-state index in [0.29, 0.717) is 11.9 Å². The maximum Gasteiger partial charge on any atom is 0.293 e. The summed E-state index contributed by atoms with van der Waals surface area (Å²) in [6.07, 6.45) is 7.32. The molecule has 0 aromatic carbocycles. The molecule has 0 aliphatic carbocycles. The van der Waals surface area contributed by atoms with Crippen molar-refractivity contribution in [1.82, 2.24) is 9.55 Å². The number of hydrogen-bond acceptors (Lipinski definition) is 4. The van der Waals surface area contributed by atoms with Gasteiger partial charge >= 0.3 is 0 Å². The second kappa shape index (κ2) is 5.95. The van der Waals surface area contributed by atoms with Crippen molar-refractivity contribution in [3.05, 3.63) is 22.7 Å². The van der Waals surface area contributed by atoms with E-state index in [-0.39, 0.29) is 17.7 Å². The zero-order chi connectivity index (χ0) is 14.8. The predicted molar refractivity (Wildman–Crippen MR) is 80.2 cm³/mol. The maximum absolute atomic E-state index is 12.6. The van der Waals surface area contributed by atoms with Gasteiger partial charge in [0.15, 0.2) is 5.82 Å². The largest absolute Gasteiger partial charge is 0.396 e.